The number of rotatable bonds is 10. The summed E-state index contributed by atoms with van der Waals surface area (Å²) in [5, 5.41) is 20.0. The van der Waals surface area contributed by atoms with Crippen molar-refractivity contribution >= 4 is 34.4 Å². The lowest BCUT2D eigenvalue weighted by Gasteiger charge is -2.31. The van der Waals surface area contributed by atoms with Crippen molar-refractivity contribution in [3.8, 4) is 0 Å². The van der Waals surface area contributed by atoms with Crippen LogP contribution in [-0.2, 0) is 9.47 Å². The molecule has 0 spiro atoms. The Labute approximate surface area is 192 Å². The van der Waals surface area contributed by atoms with E-state index >= 15 is 0 Å². The molecule has 1 saturated heterocycles. The van der Waals surface area contributed by atoms with Gasteiger partial charge in [0, 0.05) is 57.0 Å². The second kappa shape index (κ2) is 11.0. The molecule has 2 heterocycles. The number of nitrogens with one attached hydrogen (secondary N) is 1. The van der Waals surface area contributed by atoms with Crippen LogP contribution < -0.4 is 4.90 Å². The number of hydrogen-bond donors (Lipinski definition) is 1. The maximum atomic E-state index is 11.7. The molecule has 0 amide bonds. The summed E-state index contributed by atoms with van der Waals surface area (Å²) in [5.41, 5.74) is 3.20. The number of nitro groups is 1. The Morgan fingerprint density at radius 1 is 1.21 bits per heavy atom. The van der Waals surface area contributed by atoms with E-state index in [1.54, 1.807) is 19.3 Å². The monoisotopic (exact) mass is 451 g/mol. The van der Waals surface area contributed by atoms with Crippen LogP contribution in [0, 0.1) is 10.1 Å². The van der Waals surface area contributed by atoms with Crippen LogP contribution >= 0.6 is 0 Å². The molecule has 0 bridgehead atoms. The smallest absolute Gasteiger partial charge is 0.276 e. The van der Waals surface area contributed by atoms with Crippen LogP contribution in [0.2, 0.25) is 0 Å². The third kappa shape index (κ3) is 5.75. The topological polar surface area (TPSA) is 96.8 Å². The van der Waals surface area contributed by atoms with Crippen LogP contribution in [0.15, 0.2) is 42.5 Å². The van der Waals surface area contributed by atoms with E-state index in [2.05, 4.69) is 20.0 Å². The molecule has 2 aromatic carbocycles. The Balaban J connectivity index is 1.59. The van der Waals surface area contributed by atoms with Crippen molar-refractivity contribution in [1.82, 2.24) is 15.1 Å². The molecule has 1 aliphatic heterocycles. The van der Waals surface area contributed by atoms with Gasteiger partial charge in [-0.25, -0.2) is 0 Å². The first-order valence-electron chi connectivity index (χ1n) is 11.1. The summed E-state index contributed by atoms with van der Waals surface area (Å²) in [6.45, 7) is 6.33. The molecule has 9 nitrogen and oxygen atoms in total. The van der Waals surface area contributed by atoms with Gasteiger partial charge in [-0.2, -0.15) is 5.10 Å². The molecule has 0 atom stereocenters. The standard InChI is InChI=1S/C24H29N5O4/c1-32-15-14-28(11-10-27-12-16-33-17-13-27)20-7-9-24(29(30)31)19(18-20)6-8-23-21-4-2-3-5-22(21)25-26-23/h2-9,18H,10-17H2,1H3,(H,25,26)/b8-6+. The van der Waals surface area contributed by atoms with Crippen molar-refractivity contribution < 1.29 is 14.4 Å². The van der Waals surface area contributed by atoms with Crippen LogP contribution in [0.4, 0.5) is 11.4 Å². The van der Waals surface area contributed by atoms with Crippen LogP contribution in [-0.4, -0.2) is 79.7 Å². The summed E-state index contributed by atoms with van der Waals surface area (Å²) in [6, 6.07) is 13.1. The quantitative estimate of drug-likeness (QED) is 0.373. The van der Waals surface area contributed by atoms with E-state index in [4.69, 9.17) is 9.47 Å². The summed E-state index contributed by atoms with van der Waals surface area (Å²) in [4.78, 5) is 15.9. The Hall–Kier alpha value is -3.27. The summed E-state index contributed by atoms with van der Waals surface area (Å²) in [6.07, 6.45) is 3.58. The van der Waals surface area contributed by atoms with Gasteiger partial charge in [0.1, 0.15) is 0 Å². The van der Waals surface area contributed by atoms with Crippen molar-refractivity contribution in [2.75, 3.05) is 64.6 Å². The number of anilines is 1. The van der Waals surface area contributed by atoms with Crippen molar-refractivity contribution in [2.24, 2.45) is 0 Å². The van der Waals surface area contributed by atoms with E-state index in [9.17, 15) is 10.1 Å². The molecule has 0 aliphatic carbocycles. The fourth-order valence-electron chi connectivity index (χ4n) is 3.98. The van der Waals surface area contributed by atoms with E-state index in [1.165, 1.54) is 0 Å². The SMILES string of the molecule is COCCN(CCN1CCOCC1)c1ccc([N+](=O)[O-])c(/C=C/c2n[nH]c3ccccc23)c1. The first-order valence-corrected chi connectivity index (χ1v) is 11.1. The number of aromatic amines is 1. The van der Waals surface area contributed by atoms with Gasteiger partial charge in [0.15, 0.2) is 0 Å². The van der Waals surface area contributed by atoms with Gasteiger partial charge in [-0.05, 0) is 30.4 Å². The van der Waals surface area contributed by atoms with Crippen LogP contribution in [0.3, 0.4) is 0 Å². The Morgan fingerprint density at radius 2 is 2.03 bits per heavy atom. The average Bonchev–Trinajstić information content (AvgIpc) is 3.26. The van der Waals surface area contributed by atoms with Gasteiger partial charge in [0.05, 0.1) is 41.5 Å². The maximum absolute atomic E-state index is 11.7. The molecule has 1 fully saturated rings. The fourth-order valence-corrected chi connectivity index (χ4v) is 3.98. The van der Waals surface area contributed by atoms with Gasteiger partial charge >= 0.3 is 0 Å². The Morgan fingerprint density at radius 3 is 2.82 bits per heavy atom. The van der Waals surface area contributed by atoms with Gasteiger partial charge in [0.2, 0.25) is 0 Å². The lowest BCUT2D eigenvalue weighted by atomic mass is 10.1. The summed E-state index contributed by atoms with van der Waals surface area (Å²) in [7, 11) is 1.68. The van der Waals surface area contributed by atoms with Crippen molar-refractivity contribution in [3.05, 3.63) is 63.8 Å². The van der Waals surface area contributed by atoms with Gasteiger partial charge in [-0.15, -0.1) is 0 Å². The predicted molar refractivity (Wildman–Crippen MR) is 129 cm³/mol. The van der Waals surface area contributed by atoms with Gasteiger partial charge in [-0.3, -0.25) is 20.1 Å². The largest absolute Gasteiger partial charge is 0.383 e. The molecule has 1 aromatic heterocycles. The van der Waals surface area contributed by atoms with Gasteiger partial charge in [0.25, 0.3) is 5.69 Å². The molecule has 33 heavy (non-hydrogen) atoms. The number of aromatic nitrogens is 2. The van der Waals surface area contributed by atoms with Gasteiger partial charge < -0.3 is 14.4 Å². The highest BCUT2D eigenvalue weighted by atomic mass is 16.6. The number of hydrogen-bond acceptors (Lipinski definition) is 7. The first-order chi connectivity index (χ1) is 16.2. The number of para-hydroxylation sites is 1. The third-order valence-electron chi connectivity index (χ3n) is 5.85. The number of nitro benzene ring substituents is 1. The molecule has 1 aliphatic rings. The molecule has 3 aromatic rings. The van der Waals surface area contributed by atoms with Crippen LogP contribution in [0.25, 0.3) is 23.1 Å². The number of ether oxygens (including phenoxy) is 2. The van der Waals surface area contributed by atoms with Crippen molar-refractivity contribution in [1.29, 1.82) is 0 Å². The summed E-state index contributed by atoms with van der Waals surface area (Å²) < 4.78 is 10.7. The Kier molecular flexibility index (Phi) is 7.66. The predicted octanol–water partition coefficient (Wildman–Crippen LogP) is 3.43. The van der Waals surface area contributed by atoms with E-state index < -0.39 is 0 Å². The zero-order valence-corrected chi connectivity index (χ0v) is 18.8. The number of methoxy groups -OCH3 is 1. The van der Waals surface area contributed by atoms with E-state index in [-0.39, 0.29) is 10.6 Å². The number of fused-ring (bicyclic) bond motifs is 1. The van der Waals surface area contributed by atoms with Crippen molar-refractivity contribution in [2.45, 2.75) is 0 Å². The zero-order chi connectivity index (χ0) is 23.0. The summed E-state index contributed by atoms with van der Waals surface area (Å²) >= 11 is 0. The van der Waals surface area contributed by atoms with Crippen molar-refractivity contribution in [3.63, 3.8) is 0 Å². The van der Waals surface area contributed by atoms with Crippen LogP contribution in [0.5, 0.6) is 0 Å². The lowest BCUT2D eigenvalue weighted by molar-refractivity contribution is -0.385. The minimum atomic E-state index is -0.348. The second-order valence-electron chi connectivity index (χ2n) is 7.92. The van der Waals surface area contributed by atoms with Gasteiger partial charge in [-0.1, -0.05) is 18.2 Å². The number of H-pyrrole nitrogens is 1. The van der Waals surface area contributed by atoms with E-state index in [0.717, 1.165) is 61.7 Å². The van der Waals surface area contributed by atoms with E-state index in [0.29, 0.717) is 18.7 Å². The number of morpholine rings is 1. The Bertz CT molecular complexity index is 1110. The third-order valence-corrected chi connectivity index (χ3v) is 5.85. The summed E-state index contributed by atoms with van der Waals surface area (Å²) in [5.74, 6) is 0. The normalized spacial score (nSPS) is 14.8. The minimum Gasteiger partial charge on any atom is -0.383 e. The molecule has 174 valence electrons. The van der Waals surface area contributed by atoms with E-state index in [1.807, 2.05) is 42.5 Å². The highest BCUT2D eigenvalue weighted by Crippen LogP contribution is 2.28. The number of nitrogens with zero attached hydrogens (tertiary/aromatic N) is 4. The number of benzene rings is 2. The molecule has 1 N–H and O–H groups in total. The minimum absolute atomic E-state index is 0.0645. The average molecular weight is 452 g/mol. The molecule has 4 rings (SSSR count). The molecule has 9 heteroatoms. The molecule has 0 radical (unpaired) electrons. The maximum Gasteiger partial charge on any atom is 0.276 e. The molecule has 0 unspecified atom stereocenters. The highest BCUT2D eigenvalue weighted by Gasteiger charge is 2.17. The highest BCUT2D eigenvalue weighted by molar-refractivity contribution is 5.90. The lowest BCUT2D eigenvalue weighted by Crippen LogP contribution is -2.42. The molecular weight excluding hydrogens is 422 g/mol. The second-order valence-corrected chi connectivity index (χ2v) is 7.92. The van der Waals surface area contributed by atoms with Crippen LogP contribution in [0.1, 0.15) is 11.3 Å². The fraction of sp³-hybridized carbons (Fsp3) is 0.375. The zero-order valence-electron chi connectivity index (χ0n) is 18.8. The molecule has 0 saturated carbocycles. The first kappa shape index (κ1) is 22.9. The molecular formula is C24H29N5O4.